The van der Waals surface area contributed by atoms with E-state index >= 15 is 0 Å². The minimum atomic E-state index is -0.0885. The van der Waals surface area contributed by atoms with E-state index in [1.54, 1.807) is 11.8 Å². The van der Waals surface area contributed by atoms with E-state index < -0.39 is 0 Å². The van der Waals surface area contributed by atoms with Gasteiger partial charge in [0.1, 0.15) is 5.75 Å². The van der Waals surface area contributed by atoms with Crippen LogP contribution in [-0.2, 0) is 17.1 Å². The molecule has 0 saturated heterocycles. The van der Waals surface area contributed by atoms with Gasteiger partial charge >= 0.3 is 0 Å². The lowest BCUT2D eigenvalue weighted by Crippen LogP contribution is -2.30. The van der Waals surface area contributed by atoms with Crippen molar-refractivity contribution >= 4 is 17.7 Å². The molecule has 0 saturated carbocycles. The number of ether oxygens (including phenoxy) is 1. The Morgan fingerprint density at radius 3 is 2.57 bits per heavy atom. The number of para-hydroxylation sites is 1. The molecule has 1 atom stereocenters. The number of hydrogen-bond donors (Lipinski definition) is 1. The number of benzene rings is 2. The molecule has 23 heavy (non-hydrogen) atoms. The van der Waals surface area contributed by atoms with Crippen LogP contribution in [0.2, 0.25) is 0 Å². The normalized spacial score (nSPS) is 11.7. The van der Waals surface area contributed by atoms with Crippen LogP contribution in [-0.4, -0.2) is 17.8 Å². The van der Waals surface area contributed by atoms with Crippen molar-refractivity contribution < 1.29 is 9.53 Å². The maximum Gasteiger partial charge on any atom is 0.233 e. The highest BCUT2D eigenvalue weighted by atomic mass is 32.2. The van der Waals surface area contributed by atoms with Crippen molar-refractivity contribution in [3.8, 4) is 5.75 Å². The van der Waals surface area contributed by atoms with E-state index in [1.807, 2.05) is 56.3 Å². The van der Waals surface area contributed by atoms with Gasteiger partial charge in [-0.15, -0.1) is 11.8 Å². The average Bonchev–Trinajstić information content (AvgIpc) is 2.59. The smallest absolute Gasteiger partial charge is 0.233 e. The van der Waals surface area contributed by atoms with Gasteiger partial charge in [0, 0.05) is 17.9 Å². The lowest BCUT2D eigenvalue weighted by atomic mass is 10.2. The average molecular weight is 329 g/mol. The number of thioether (sulfide) groups is 1. The van der Waals surface area contributed by atoms with Gasteiger partial charge in [0.2, 0.25) is 5.91 Å². The molecular weight excluding hydrogens is 306 g/mol. The molecule has 2 aromatic carbocycles. The first-order valence-electron chi connectivity index (χ1n) is 7.84. The quantitative estimate of drug-likeness (QED) is 0.795. The van der Waals surface area contributed by atoms with Crippen molar-refractivity contribution in [3.05, 3.63) is 65.7 Å². The second-order valence-electron chi connectivity index (χ2n) is 5.20. The molecule has 0 radical (unpaired) electrons. The summed E-state index contributed by atoms with van der Waals surface area (Å²) >= 11 is 1.64. The van der Waals surface area contributed by atoms with E-state index in [1.165, 1.54) is 5.56 Å². The van der Waals surface area contributed by atoms with Gasteiger partial charge < -0.3 is 10.1 Å². The van der Waals surface area contributed by atoms with Gasteiger partial charge in [0.15, 0.2) is 0 Å². The van der Waals surface area contributed by atoms with Crippen molar-refractivity contribution in [1.29, 1.82) is 0 Å². The molecule has 4 heteroatoms. The Bertz CT molecular complexity index is 616. The van der Waals surface area contributed by atoms with E-state index in [4.69, 9.17) is 4.74 Å². The molecule has 122 valence electrons. The Morgan fingerprint density at radius 2 is 1.83 bits per heavy atom. The highest BCUT2D eigenvalue weighted by Crippen LogP contribution is 2.19. The molecule has 0 heterocycles. The van der Waals surface area contributed by atoms with Crippen LogP contribution in [0.5, 0.6) is 5.75 Å². The van der Waals surface area contributed by atoms with Crippen LogP contribution >= 0.6 is 11.8 Å². The molecule has 0 aliphatic carbocycles. The third kappa shape index (κ3) is 5.64. The topological polar surface area (TPSA) is 38.3 Å². The monoisotopic (exact) mass is 329 g/mol. The molecule has 0 spiro atoms. The minimum Gasteiger partial charge on any atom is -0.494 e. The fourth-order valence-corrected chi connectivity index (χ4v) is 3.01. The molecule has 2 aromatic rings. The highest BCUT2D eigenvalue weighted by Gasteiger charge is 2.14. The van der Waals surface area contributed by atoms with Crippen LogP contribution in [0.3, 0.4) is 0 Å². The number of hydrogen-bond acceptors (Lipinski definition) is 3. The van der Waals surface area contributed by atoms with E-state index in [-0.39, 0.29) is 11.2 Å². The summed E-state index contributed by atoms with van der Waals surface area (Å²) in [5.74, 6) is 1.72. The number of carbonyl (C=O) groups excluding carboxylic acids is 1. The SMILES string of the molecule is CCOc1ccccc1CNC(=O)[C@H](C)SCc1ccccc1. The summed E-state index contributed by atoms with van der Waals surface area (Å²) in [5, 5.41) is 2.91. The number of rotatable bonds is 8. The lowest BCUT2D eigenvalue weighted by molar-refractivity contribution is -0.120. The fourth-order valence-electron chi connectivity index (χ4n) is 2.14. The van der Waals surface area contributed by atoms with Gasteiger partial charge in [-0.3, -0.25) is 4.79 Å². The largest absolute Gasteiger partial charge is 0.494 e. The molecule has 0 fully saturated rings. The minimum absolute atomic E-state index is 0.0530. The second kappa shape index (κ2) is 9.26. The lowest BCUT2D eigenvalue weighted by Gasteiger charge is -2.14. The molecule has 3 nitrogen and oxygen atoms in total. The number of amides is 1. The third-order valence-electron chi connectivity index (χ3n) is 3.44. The van der Waals surface area contributed by atoms with Crippen LogP contribution in [0.1, 0.15) is 25.0 Å². The van der Waals surface area contributed by atoms with E-state index in [9.17, 15) is 4.79 Å². The Morgan fingerprint density at radius 1 is 1.13 bits per heavy atom. The van der Waals surface area contributed by atoms with Gasteiger partial charge in [0.25, 0.3) is 0 Å². The molecule has 0 aliphatic heterocycles. The predicted molar refractivity (Wildman–Crippen MR) is 96.7 cm³/mol. The van der Waals surface area contributed by atoms with Gasteiger partial charge in [-0.25, -0.2) is 0 Å². The molecule has 2 rings (SSSR count). The van der Waals surface area contributed by atoms with Crippen molar-refractivity contribution in [3.63, 3.8) is 0 Å². The second-order valence-corrected chi connectivity index (χ2v) is 6.53. The highest BCUT2D eigenvalue weighted by molar-refractivity contribution is 7.99. The van der Waals surface area contributed by atoms with Crippen LogP contribution < -0.4 is 10.1 Å². The van der Waals surface area contributed by atoms with E-state index in [0.29, 0.717) is 13.2 Å². The van der Waals surface area contributed by atoms with E-state index in [2.05, 4.69) is 17.4 Å². The van der Waals surface area contributed by atoms with Crippen LogP contribution in [0.15, 0.2) is 54.6 Å². The van der Waals surface area contributed by atoms with Gasteiger partial charge in [0.05, 0.1) is 11.9 Å². The summed E-state index contributed by atoms with van der Waals surface area (Å²) in [6.07, 6.45) is 0. The molecule has 0 unspecified atom stereocenters. The van der Waals surface area contributed by atoms with Gasteiger partial charge in [-0.2, -0.15) is 0 Å². The maximum atomic E-state index is 12.2. The Hall–Kier alpha value is -1.94. The van der Waals surface area contributed by atoms with E-state index in [0.717, 1.165) is 17.1 Å². The summed E-state index contributed by atoms with van der Waals surface area (Å²) in [4.78, 5) is 12.2. The first-order valence-corrected chi connectivity index (χ1v) is 8.89. The first-order chi connectivity index (χ1) is 11.2. The molecule has 0 aromatic heterocycles. The maximum absolute atomic E-state index is 12.2. The summed E-state index contributed by atoms with van der Waals surface area (Å²) in [5.41, 5.74) is 2.24. The Labute approximate surface area is 142 Å². The molecular formula is C19H23NO2S. The zero-order chi connectivity index (χ0) is 16.5. The number of carbonyl (C=O) groups is 1. The standard InChI is InChI=1S/C19H23NO2S/c1-3-22-18-12-8-7-11-17(18)13-20-19(21)15(2)23-14-16-9-5-4-6-10-16/h4-12,15H,3,13-14H2,1-2H3,(H,20,21)/t15-/m0/s1. The van der Waals surface area contributed by atoms with Gasteiger partial charge in [-0.1, -0.05) is 48.5 Å². The zero-order valence-corrected chi connectivity index (χ0v) is 14.4. The summed E-state index contributed by atoms with van der Waals surface area (Å²) < 4.78 is 5.58. The molecule has 1 amide bonds. The number of nitrogens with one attached hydrogen (secondary N) is 1. The first kappa shape index (κ1) is 17.4. The van der Waals surface area contributed by atoms with Crippen molar-refractivity contribution in [2.45, 2.75) is 31.4 Å². The summed E-state index contributed by atoms with van der Waals surface area (Å²) in [6.45, 7) is 5.01. The van der Waals surface area contributed by atoms with Crippen molar-refractivity contribution in [2.75, 3.05) is 6.61 Å². The van der Waals surface area contributed by atoms with Crippen molar-refractivity contribution in [1.82, 2.24) is 5.32 Å². The fraction of sp³-hybridized carbons (Fsp3) is 0.316. The molecule has 0 aliphatic rings. The summed E-state index contributed by atoms with van der Waals surface area (Å²) in [6, 6.07) is 18.0. The van der Waals surface area contributed by atoms with Crippen LogP contribution in [0, 0.1) is 0 Å². The predicted octanol–water partition coefficient (Wildman–Crippen LogP) is 4.02. The zero-order valence-electron chi connectivity index (χ0n) is 13.6. The molecule has 0 bridgehead atoms. The Kier molecular flexibility index (Phi) is 7.01. The Balaban J connectivity index is 1.82. The molecule has 1 N–H and O–H groups in total. The van der Waals surface area contributed by atoms with Crippen LogP contribution in [0.4, 0.5) is 0 Å². The third-order valence-corrected chi connectivity index (χ3v) is 4.65. The van der Waals surface area contributed by atoms with Gasteiger partial charge in [-0.05, 0) is 25.5 Å². The van der Waals surface area contributed by atoms with Crippen LogP contribution in [0.25, 0.3) is 0 Å². The summed E-state index contributed by atoms with van der Waals surface area (Å²) in [7, 11) is 0. The van der Waals surface area contributed by atoms with Crippen molar-refractivity contribution in [2.24, 2.45) is 0 Å².